The number of pyridine rings is 1. The number of nitro groups is 1. The first kappa shape index (κ1) is 16.5. The Morgan fingerprint density at radius 3 is 2.57 bits per heavy atom. The first-order valence-corrected chi connectivity index (χ1v) is 6.83. The highest BCUT2D eigenvalue weighted by Crippen LogP contribution is 2.29. The number of carbonyl (C=O) groups excluding carboxylic acids is 1. The van der Waals surface area contributed by atoms with Crippen LogP contribution in [-0.2, 0) is 4.74 Å². The van der Waals surface area contributed by atoms with Gasteiger partial charge < -0.3 is 9.47 Å². The second-order valence-electron chi connectivity index (χ2n) is 5.81. The minimum atomic E-state index is -0.640. The molecule has 0 saturated heterocycles. The molecule has 1 N–H and O–H groups in total. The molecule has 0 unspecified atom stereocenters. The largest absolute Gasteiger partial charge is 0.479 e. The van der Waals surface area contributed by atoms with Gasteiger partial charge in [-0.25, -0.2) is 9.78 Å². The molecule has 1 aromatic carbocycles. The van der Waals surface area contributed by atoms with E-state index in [9.17, 15) is 14.9 Å². The molecule has 0 aliphatic heterocycles. The van der Waals surface area contributed by atoms with E-state index in [-0.39, 0.29) is 11.6 Å². The lowest BCUT2D eigenvalue weighted by Gasteiger charge is -2.20. The Bertz CT molecular complexity index is 768. The number of methoxy groups -OCH3 is 1. The zero-order chi connectivity index (χ0) is 17.2. The van der Waals surface area contributed by atoms with Gasteiger partial charge in [-0.1, -0.05) is 0 Å². The Labute approximate surface area is 132 Å². The molecule has 0 spiro atoms. The van der Waals surface area contributed by atoms with Gasteiger partial charge in [0.05, 0.1) is 17.5 Å². The van der Waals surface area contributed by atoms with Gasteiger partial charge in [-0.15, -0.1) is 0 Å². The average Bonchev–Trinajstić information content (AvgIpc) is 2.43. The van der Waals surface area contributed by atoms with E-state index in [1.165, 1.54) is 19.2 Å². The predicted octanol–water partition coefficient (Wildman–Crippen LogP) is 3.50. The zero-order valence-corrected chi connectivity index (χ0v) is 13.2. The summed E-state index contributed by atoms with van der Waals surface area (Å²) >= 11 is 0. The highest BCUT2D eigenvalue weighted by Gasteiger charge is 2.19. The maximum Gasteiger partial charge on any atom is 0.412 e. The van der Waals surface area contributed by atoms with Gasteiger partial charge in [-0.3, -0.25) is 15.4 Å². The summed E-state index contributed by atoms with van der Waals surface area (Å²) in [6, 6.07) is 5.89. The number of nitro benzene ring substituents is 1. The number of amides is 1. The van der Waals surface area contributed by atoms with Crippen LogP contribution in [0.25, 0.3) is 10.9 Å². The molecule has 1 aromatic heterocycles. The summed E-state index contributed by atoms with van der Waals surface area (Å²) in [7, 11) is 1.39. The van der Waals surface area contributed by atoms with Crippen molar-refractivity contribution in [2.24, 2.45) is 0 Å². The highest BCUT2D eigenvalue weighted by molar-refractivity contribution is 5.92. The number of hydrogen-bond acceptors (Lipinski definition) is 6. The van der Waals surface area contributed by atoms with Crippen LogP contribution in [-0.4, -0.2) is 28.7 Å². The summed E-state index contributed by atoms with van der Waals surface area (Å²) < 4.78 is 10.3. The van der Waals surface area contributed by atoms with Crippen LogP contribution in [0, 0.1) is 10.1 Å². The fourth-order valence-corrected chi connectivity index (χ4v) is 1.91. The third-order valence-corrected chi connectivity index (χ3v) is 2.81. The van der Waals surface area contributed by atoms with Gasteiger partial charge in [0, 0.05) is 17.5 Å². The minimum Gasteiger partial charge on any atom is -0.479 e. The number of fused-ring (bicyclic) bond motifs is 1. The number of rotatable bonds is 3. The molecule has 0 fully saturated rings. The number of carbonyl (C=O) groups is 1. The smallest absolute Gasteiger partial charge is 0.412 e. The lowest BCUT2D eigenvalue weighted by molar-refractivity contribution is -0.384. The second-order valence-corrected chi connectivity index (χ2v) is 5.81. The number of nitrogens with zero attached hydrogens (tertiary/aromatic N) is 2. The van der Waals surface area contributed by atoms with E-state index in [1.807, 2.05) is 0 Å². The first-order valence-electron chi connectivity index (χ1n) is 6.83. The number of aromatic nitrogens is 1. The van der Waals surface area contributed by atoms with Gasteiger partial charge in [0.25, 0.3) is 5.69 Å². The van der Waals surface area contributed by atoms with Gasteiger partial charge in [-0.05, 0) is 32.9 Å². The number of nitrogens with one attached hydrogen (secondary N) is 1. The van der Waals surface area contributed by atoms with Crippen LogP contribution >= 0.6 is 0 Å². The summed E-state index contributed by atoms with van der Waals surface area (Å²) in [5, 5.41) is 14.0. The standard InChI is InChI=1S/C15H17N3O5/c1-15(2,3)23-14(19)17-12-7-9-5-6-10(18(20)21)8-11(9)16-13(12)22-4/h5-8H,1-4H3,(H,17,19). The molecule has 0 atom stereocenters. The third kappa shape index (κ3) is 4.06. The fourth-order valence-electron chi connectivity index (χ4n) is 1.91. The predicted molar refractivity (Wildman–Crippen MR) is 84.8 cm³/mol. The summed E-state index contributed by atoms with van der Waals surface area (Å²) in [5.74, 6) is 0.142. The van der Waals surface area contributed by atoms with E-state index in [1.54, 1.807) is 32.9 Å². The zero-order valence-electron chi connectivity index (χ0n) is 13.2. The molecule has 1 amide bonds. The van der Waals surface area contributed by atoms with Crippen LogP contribution in [0.3, 0.4) is 0 Å². The SMILES string of the molecule is COc1nc2cc([N+](=O)[O-])ccc2cc1NC(=O)OC(C)(C)C. The lowest BCUT2D eigenvalue weighted by Crippen LogP contribution is -2.27. The number of non-ortho nitro benzene ring substituents is 1. The molecule has 8 nitrogen and oxygen atoms in total. The monoisotopic (exact) mass is 319 g/mol. The molecular weight excluding hydrogens is 302 g/mol. The van der Waals surface area contributed by atoms with Crippen LogP contribution in [0.2, 0.25) is 0 Å². The van der Waals surface area contributed by atoms with Crippen molar-refractivity contribution in [3.05, 3.63) is 34.4 Å². The molecule has 1 heterocycles. The van der Waals surface area contributed by atoms with E-state index < -0.39 is 16.6 Å². The molecule has 8 heteroatoms. The molecule has 2 aromatic rings. The summed E-state index contributed by atoms with van der Waals surface area (Å²) in [6.07, 6.45) is -0.640. The van der Waals surface area contributed by atoms with Crippen molar-refractivity contribution in [2.75, 3.05) is 12.4 Å². The number of anilines is 1. The Morgan fingerprint density at radius 2 is 2.00 bits per heavy atom. The van der Waals surface area contributed by atoms with Gasteiger partial charge in [0.1, 0.15) is 11.3 Å². The fraction of sp³-hybridized carbons (Fsp3) is 0.333. The van der Waals surface area contributed by atoms with Gasteiger partial charge in [0.2, 0.25) is 5.88 Å². The van der Waals surface area contributed by atoms with Crippen LogP contribution in [0.15, 0.2) is 24.3 Å². The van der Waals surface area contributed by atoms with Crippen molar-refractivity contribution in [2.45, 2.75) is 26.4 Å². The maximum atomic E-state index is 11.9. The molecule has 0 bridgehead atoms. The Balaban J connectivity index is 2.38. The topological polar surface area (TPSA) is 104 Å². The average molecular weight is 319 g/mol. The van der Waals surface area contributed by atoms with Crippen LogP contribution in [0.5, 0.6) is 5.88 Å². The minimum absolute atomic E-state index is 0.0695. The normalized spacial score (nSPS) is 11.1. The molecule has 23 heavy (non-hydrogen) atoms. The molecule has 2 rings (SSSR count). The van der Waals surface area contributed by atoms with Crippen molar-refractivity contribution in [3.63, 3.8) is 0 Å². The number of benzene rings is 1. The van der Waals surface area contributed by atoms with Crippen LogP contribution < -0.4 is 10.1 Å². The maximum absolute atomic E-state index is 11.9. The number of ether oxygens (including phenoxy) is 2. The van der Waals surface area contributed by atoms with Crippen molar-refractivity contribution >= 4 is 28.4 Å². The van der Waals surface area contributed by atoms with Crippen molar-refractivity contribution in [1.82, 2.24) is 4.98 Å². The van der Waals surface area contributed by atoms with Crippen molar-refractivity contribution in [1.29, 1.82) is 0 Å². The Morgan fingerprint density at radius 1 is 1.30 bits per heavy atom. The van der Waals surface area contributed by atoms with Crippen molar-refractivity contribution < 1.29 is 19.2 Å². The van der Waals surface area contributed by atoms with E-state index in [0.29, 0.717) is 16.6 Å². The molecule has 0 saturated carbocycles. The Hall–Kier alpha value is -2.90. The molecule has 0 radical (unpaired) electrons. The van der Waals surface area contributed by atoms with Gasteiger partial charge in [-0.2, -0.15) is 0 Å². The third-order valence-electron chi connectivity index (χ3n) is 2.81. The second kappa shape index (κ2) is 6.07. The molecule has 122 valence electrons. The quantitative estimate of drug-likeness (QED) is 0.686. The van der Waals surface area contributed by atoms with Crippen molar-refractivity contribution in [3.8, 4) is 5.88 Å². The molecule has 0 aliphatic rings. The first-order chi connectivity index (χ1) is 10.7. The summed E-state index contributed by atoms with van der Waals surface area (Å²) in [4.78, 5) is 26.4. The van der Waals surface area contributed by atoms with Gasteiger partial charge >= 0.3 is 6.09 Å². The van der Waals surface area contributed by atoms with Gasteiger partial charge in [0.15, 0.2) is 0 Å². The summed E-state index contributed by atoms with van der Waals surface area (Å²) in [5.41, 5.74) is 0.0103. The molecular formula is C15H17N3O5. The molecule has 0 aliphatic carbocycles. The summed E-state index contributed by atoms with van der Waals surface area (Å²) in [6.45, 7) is 5.25. The number of hydrogen-bond donors (Lipinski definition) is 1. The van der Waals surface area contributed by atoms with Crippen LogP contribution in [0.4, 0.5) is 16.2 Å². The lowest BCUT2D eigenvalue weighted by atomic mass is 10.2. The van der Waals surface area contributed by atoms with E-state index >= 15 is 0 Å². The Kier molecular flexibility index (Phi) is 4.35. The van der Waals surface area contributed by atoms with Crippen LogP contribution in [0.1, 0.15) is 20.8 Å². The van der Waals surface area contributed by atoms with E-state index in [0.717, 1.165) is 0 Å². The highest BCUT2D eigenvalue weighted by atomic mass is 16.6. The van der Waals surface area contributed by atoms with E-state index in [2.05, 4.69) is 10.3 Å². The van der Waals surface area contributed by atoms with E-state index in [4.69, 9.17) is 9.47 Å².